The fourth-order valence-electron chi connectivity index (χ4n) is 1.58. The van der Waals surface area contributed by atoms with Gasteiger partial charge in [-0.15, -0.1) is 0 Å². The van der Waals surface area contributed by atoms with Crippen LogP contribution in [0.1, 0.15) is 36.5 Å². The van der Waals surface area contributed by atoms with Crippen molar-refractivity contribution in [3.05, 3.63) is 23.9 Å². The number of rotatable bonds is 7. The zero-order valence-corrected chi connectivity index (χ0v) is 11.1. The number of carbonyl (C=O) groups is 1. The van der Waals surface area contributed by atoms with Gasteiger partial charge in [0.05, 0.1) is 18.3 Å². The maximum atomic E-state index is 11.7. The highest BCUT2D eigenvalue weighted by Crippen LogP contribution is 2.29. The van der Waals surface area contributed by atoms with Gasteiger partial charge in [0.2, 0.25) is 5.88 Å². The molecule has 1 saturated carbocycles. The van der Waals surface area contributed by atoms with Crippen LogP contribution in [-0.2, 0) is 0 Å². The van der Waals surface area contributed by atoms with E-state index in [0.717, 1.165) is 0 Å². The van der Waals surface area contributed by atoms with E-state index in [-0.39, 0.29) is 5.91 Å². The van der Waals surface area contributed by atoms with Crippen molar-refractivity contribution in [2.45, 2.75) is 32.3 Å². The lowest BCUT2D eigenvalue weighted by atomic mass is 10.2. The number of aliphatic hydroxyl groups excluding tert-OH is 1. The van der Waals surface area contributed by atoms with Crippen molar-refractivity contribution in [2.24, 2.45) is 5.92 Å². The summed E-state index contributed by atoms with van der Waals surface area (Å²) in [7, 11) is 0. The molecule has 0 aromatic carbocycles. The molecule has 1 aromatic rings. The largest absolute Gasteiger partial charge is 0.477 e. The third-order valence-electron chi connectivity index (χ3n) is 3.01. The molecule has 19 heavy (non-hydrogen) atoms. The molecule has 1 unspecified atom stereocenters. The summed E-state index contributed by atoms with van der Waals surface area (Å²) < 4.78 is 5.50. The van der Waals surface area contributed by atoms with Gasteiger partial charge in [-0.1, -0.05) is 0 Å². The van der Waals surface area contributed by atoms with Gasteiger partial charge in [-0.25, -0.2) is 4.98 Å². The third-order valence-corrected chi connectivity index (χ3v) is 3.01. The fourth-order valence-corrected chi connectivity index (χ4v) is 1.58. The Morgan fingerprint density at radius 1 is 1.58 bits per heavy atom. The summed E-state index contributed by atoms with van der Waals surface area (Å²) in [5.74, 6) is 1.07. The second-order valence-corrected chi connectivity index (χ2v) is 5.03. The highest BCUT2D eigenvalue weighted by molar-refractivity contribution is 5.93. The number of carbonyl (C=O) groups excluding carboxylic acids is 1. The molecule has 1 fully saturated rings. The molecule has 5 heteroatoms. The number of hydrogen-bond donors (Lipinski definition) is 2. The molecular formula is C14H20N2O3. The molecule has 1 amide bonds. The first-order chi connectivity index (χ1) is 9.15. The maximum absolute atomic E-state index is 11.7. The van der Waals surface area contributed by atoms with Crippen LogP contribution in [0.2, 0.25) is 0 Å². The number of aliphatic hydroxyl groups is 1. The van der Waals surface area contributed by atoms with Gasteiger partial charge < -0.3 is 15.2 Å². The predicted octanol–water partition coefficient (Wildman–Crippen LogP) is 1.37. The van der Waals surface area contributed by atoms with Gasteiger partial charge in [-0.2, -0.15) is 0 Å². The van der Waals surface area contributed by atoms with Crippen molar-refractivity contribution in [1.29, 1.82) is 0 Å². The van der Waals surface area contributed by atoms with Crippen LogP contribution in [0.3, 0.4) is 0 Å². The van der Waals surface area contributed by atoms with Crippen LogP contribution < -0.4 is 10.1 Å². The molecule has 5 nitrogen and oxygen atoms in total. The molecular weight excluding hydrogens is 244 g/mol. The minimum Gasteiger partial charge on any atom is -0.477 e. The van der Waals surface area contributed by atoms with E-state index in [9.17, 15) is 4.79 Å². The van der Waals surface area contributed by atoms with Crippen LogP contribution in [0.15, 0.2) is 18.3 Å². The summed E-state index contributed by atoms with van der Waals surface area (Å²) in [6.07, 6.45) is 4.13. The Morgan fingerprint density at radius 2 is 2.37 bits per heavy atom. The molecule has 1 aliphatic carbocycles. The number of aromatic nitrogens is 1. The Labute approximate surface area is 113 Å². The van der Waals surface area contributed by atoms with E-state index in [4.69, 9.17) is 9.84 Å². The number of amides is 1. The number of nitrogens with zero attached hydrogens (tertiary/aromatic N) is 1. The van der Waals surface area contributed by atoms with Gasteiger partial charge in [0.15, 0.2) is 0 Å². The summed E-state index contributed by atoms with van der Waals surface area (Å²) in [5.41, 5.74) is 0.504. The van der Waals surface area contributed by atoms with E-state index >= 15 is 0 Å². The Balaban J connectivity index is 1.77. The Morgan fingerprint density at radius 3 is 2.95 bits per heavy atom. The van der Waals surface area contributed by atoms with E-state index < -0.39 is 6.10 Å². The zero-order valence-electron chi connectivity index (χ0n) is 11.1. The van der Waals surface area contributed by atoms with Gasteiger partial charge in [-0.3, -0.25) is 4.79 Å². The number of hydrogen-bond acceptors (Lipinski definition) is 4. The predicted molar refractivity (Wildman–Crippen MR) is 71.1 cm³/mol. The van der Waals surface area contributed by atoms with Crippen LogP contribution in [0.4, 0.5) is 0 Å². The van der Waals surface area contributed by atoms with Gasteiger partial charge in [0.25, 0.3) is 5.91 Å². The molecule has 0 saturated heterocycles. The average Bonchev–Trinajstić information content (AvgIpc) is 3.20. The van der Waals surface area contributed by atoms with Crippen LogP contribution in [0.5, 0.6) is 5.88 Å². The lowest BCUT2D eigenvalue weighted by molar-refractivity contribution is 0.0945. The van der Waals surface area contributed by atoms with Gasteiger partial charge in [0.1, 0.15) is 0 Å². The molecule has 1 aliphatic rings. The molecule has 2 rings (SSSR count). The van der Waals surface area contributed by atoms with Crippen LogP contribution in [0, 0.1) is 5.92 Å². The fraction of sp³-hybridized carbons (Fsp3) is 0.571. The zero-order chi connectivity index (χ0) is 13.7. The van der Waals surface area contributed by atoms with E-state index in [1.165, 1.54) is 19.0 Å². The van der Waals surface area contributed by atoms with Crippen LogP contribution in [0.25, 0.3) is 0 Å². The first-order valence-electron chi connectivity index (χ1n) is 6.70. The Kier molecular flexibility index (Phi) is 4.74. The maximum Gasteiger partial charge on any atom is 0.252 e. The first-order valence-corrected chi connectivity index (χ1v) is 6.70. The third kappa shape index (κ3) is 4.87. The molecule has 0 radical (unpaired) electrons. The monoisotopic (exact) mass is 264 g/mol. The standard InChI is InChI=1S/C14H20N2O3/c1-10(17)6-7-15-14(18)12-4-5-13(16-8-12)19-9-11-2-3-11/h4-5,8,10-11,17H,2-3,6-7,9H2,1H3,(H,15,18). The molecule has 0 spiro atoms. The second-order valence-electron chi connectivity index (χ2n) is 5.03. The molecule has 0 bridgehead atoms. The quantitative estimate of drug-likeness (QED) is 0.780. The van der Waals surface area contributed by atoms with Crippen LogP contribution in [-0.4, -0.2) is 35.3 Å². The summed E-state index contributed by atoms with van der Waals surface area (Å²) >= 11 is 0. The van der Waals surface area contributed by atoms with Gasteiger partial charge in [0, 0.05) is 18.8 Å². The number of ether oxygens (including phenoxy) is 1. The van der Waals surface area contributed by atoms with E-state index in [1.807, 2.05) is 0 Å². The number of nitrogens with one attached hydrogen (secondary N) is 1. The lowest BCUT2D eigenvalue weighted by Crippen LogP contribution is -2.26. The SMILES string of the molecule is CC(O)CCNC(=O)c1ccc(OCC2CC2)nc1. The Bertz CT molecular complexity index is 413. The van der Waals surface area contributed by atoms with Crippen molar-refractivity contribution in [1.82, 2.24) is 10.3 Å². The number of pyridine rings is 1. The van der Waals surface area contributed by atoms with Crippen molar-refractivity contribution in [3.8, 4) is 5.88 Å². The van der Waals surface area contributed by atoms with Gasteiger partial charge in [-0.05, 0) is 38.2 Å². The van der Waals surface area contributed by atoms with Gasteiger partial charge >= 0.3 is 0 Å². The first kappa shape index (κ1) is 13.8. The lowest BCUT2D eigenvalue weighted by Gasteiger charge is -2.07. The van der Waals surface area contributed by atoms with E-state index in [1.54, 1.807) is 19.1 Å². The average molecular weight is 264 g/mol. The summed E-state index contributed by atoms with van der Waals surface area (Å²) in [5, 5.41) is 11.8. The van der Waals surface area contributed by atoms with E-state index in [2.05, 4.69) is 10.3 Å². The normalized spacial score (nSPS) is 15.9. The van der Waals surface area contributed by atoms with Crippen molar-refractivity contribution in [2.75, 3.05) is 13.2 Å². The highest BCUT2D eigenvalue weighted by atomic mass is 16.5. The summed E-state index contributed by atoms with van der Waals surface area (Å²) in [6.45, 7) is 2.86. The minimum atomic E-state index is -0.406. The molecule has 2 N–H and O–H groups in total. The van der Waals surface area contributed by atoms with Crippen molar-refractivity contribution >= 4 is 5.91 Å². The second kappa shape index (κ2) is 6.52. The molecule has 1 aromatic heterocycles. The van der Waals surface area contributed by atoms with E-state index in [0.29, 0.717) is 36.9 Å². The minimum absolute atomic E-state index is 0.179. The van der Waals surface area contributed by atoms with Crippen LogP contribution >= 0.6 is 0 Å². The molecule has 104 valence electrons. The topological polar surface area (TPSA) is 71.5 Å². The smallest absolute Gasteiger partial charge is 0.252 e. The summed E-state index contributed by atoms with van der Waals surface area (Å²) in [4.78, 5) is 15.9. The highest BCUT2D eigenvalue weighted by Gasteiger charge is 2.22. The Hall–Kier alpha value is -1.62. The van der Waals surface area contributed by atoms with Crippen molar-refractivity contribution < 1.29 is 14.6 Å². The molecule has 0 aliphatic heterocycles. The molecule has 1 heterocycles. The van der Waals surface area contributed by atoms with Crippen molar-refractivity contribution in [3.63, 3.8) is 0 Å². The molecule has 1 atom stereocenters. The summed E-state index contributed by atoms with van der Waals surface area (Å²) in [6, 6.07) is 3.42.